The molecule has 0 spiro atoms. The van der Waals surface area contributed by atoms with Gasteiger partial charge < -0.3 is 78.5 Å². The number of ether oxygens (including phenoxy) is 8. The molecule has 5 saturated heterocycles. The normalized spacial score (nSPS) is 40.4. The monoisotopic (exact) mass is 1080 g/mol. The van der Waals surface area contributed by atoms with Gasteiger partial charge in [-0.15, -0.1) is 0 Å². The van der Waals surface area contributed by atoms with E-state index < -0.39 is 138 Å². The fraction of sp³-hybridized carbons (Fsp3) is 0.815. The first-order valence-corrected chi connectivity index (χ1v) is 27.1. The molecule has 22 heteroatoms. The van der Waals surface area contributed by atoms with Gasteiger partial charge in [-0.2, -0.15) is 0 Å². The third-order valence-corrected chi connectivity index (χ3v) is 16.6. The molecule has 5 heterocycles. The maximum atomic E-state index is 15.2. The van der Waals surface area contributed by atoms with Gasteiger partial charge in [0.15, 0.2) is 12.6 Å². The summed E-state index contributed by atoms with van der Waals surface area (Å²) in [5.41, 5.74) is -4.31. The number of anilines is 2. The molecule has 0 unspecified atom stereocenters. The molecule has 1 aromatic rings. The van der Waals surface area contributed by atoms with Crippen LogP contribution in [0.4, 0.5) is 20.6 Å². The van der Waals surface area contributed by atoms with Gasteiger partial charge in [0.1, 0.15) is 41.6 Å². The number of hydrogen-bond donors (Lipinski definition) is 6. The number of methoxy groups -OCH3 is 1. The Morgan fingerprint density at radius 1 is 0.934 bits per heavy atom. The van der Waals surface area contributed by atoms with Crippen molar-refractivity contribution in [2.45, 2.75) is 198 Å². The second-order valence-corrected chi connectivity index (χ2v) is 22.7. The van der Waals surface area contributed by atoms with Crippen LogP contribution in [0.1, 0.15) is 108 Å². The Balaban J connectivity index is 1.15. The van der Waals surface area contributed by atoms with Crippen molar-refractivity contribution in [3.8, 4) is 0 Å². The molecule has 5 aliphatic rings. The molecule has 0 saturated carbocycles. The Labute approximate surface area is 446 Å². The van der Waals surface area contributed by atoms with Crippen molar-refractivity contribution in [1.29, 1.82) is 0 Å². The van der Waals surface area contributed by atoms with Crippen LogP contribution in [0.2, 0.25) is 0 Å². The van der Waals surface area contributed by atoms with E-state index >= 15 is 4.39 Å². The lowest BCUT2D eigenvalue weighted by Crippen LogP contribution is -2.61. The number of halogens is 1. The third kappa shape index (κ3) is 14.0. The molecule has 0 aromatic heterocycles. The first-order chi connectivity index (χ1) is 35.6. The Hall–Kier alpha value is -3.65. The highest BCUT2D eigenvalue weighted by Crippen LogP contribution is 2.41. The number of aliphatic hydroxyl groups excluding tert-OH is 3. The zero-order chi connectivity index (χ0) is 56.2. The molecule has 5 aliphatic heterocycles. The van der Waals surface area contributed by atoms with Crippen LogP contribution in [0.5, 0.6) is 0 Å². The van der Waals surface area contributed by atoms with Crippen LogP contribution in [-0.4, -0.2) is 205 Å². The van der Waals surface area contributed by atoms with Gasteiger partial charge in [-0.1, -0.05) is 27.7 Å². The van der Waals surface area contributed by atoms with Gasteiger partial charge >= 0.3 is 12.1 Å². The van der Waals surface area contributed by atoms with E-state index in [2.05, 4.69) is 5.32 Å². The predicted molar refractivity (Wildman–Crippen MR) is 274 cm³/mol. The van der Waals surface area contributed by atoms with Crippen LogP contribution in [-0.2, 0) is 52.3 Å². The second kappa shape index (κ2) is 25.6. The van der Waals surface area contributed by atoms with E-state index in [9.17, 15) is 44.7 Å². The number of esters is 1. The average Bonchev–Trinajstić information content (AvgIpc) is 3.76. The van der Waals surface area contributed by atoms with Crippen molar-refractivity contribution in [3.05, 3.63) is 24.0 Å². The van der Waals surface area contributed by atoms with Gasteiger partial charge in [-0.05, 0) is 99.0 Å². The number of likely N-dealkylation sites (N-methyl/N-ethyl adjacent to an activating group) is 1. The summed E-state index contributed by atoms with van der Waals surface area (Å²) < 4.78 is 63.7. The van der Waals surface area contributed by atoms with E-state index in [1.165, 1.54) is 38.8 Å². The summed E-state index contributed by atoms with van der Waals surface area (Å²) in [7, 11) is 3.27. The summed E-state index contributed by atoms with van der Waals surface area (Å²) in [5.74, 6) is -6.19. The summed E-state index contributed by atoms with van der Waals surface area (Å²) in [5, 5.41) is 62.0. The number of ketones is 1. The maximum absolute atomic E-state index is 15.2. The number of nitrogens with one attached hydrogen (secondary N) is 1. The van der Waals surface area contributed by atoms with E-state index in [4.69, 9.17) is 37.9 Å². The first-order valence-electron chi connectivity index (χ1n) is 27.1. The topological polar surface area (TPSA) is 265 Å². The molecule has 5 fully saturated rings. The summed E-state index contributed by atoms with van der Waals surface area (Å²) >= 11 is 0. The fourth-order valence-electron chi connectivity index (χ4n) is 11.9. The highest BCUT2D eigenvalue weighted by atomic mass is 19.1. The molecular formula is C54H87FN4O17. The SMILES string of the molecule is CC[C@H]1OC(=O)[C@H](C)[C@@H](O[C@H]2C[C@@](C)(OC)[C@@H](O)[C@H](C)O2)[C@H](C)[C@@H](O[C@@H]2O[C@H](C)C[C@H](N(C)CCCC(=O)NC[C@H]3CN(c4ccc(N5CCOCC5)c(F)c4)C(=O)O3)[C@H]2O)[C@](C)(O)C[C@@H](C)C(=O)[C@H](C)[C@@H](O)[C@]1(C)O. The Bertz CT molecular complexity index is 2130. The van der Waals surface area contributed by atoms with Crippen molar-refractivity contribution >= 4 is 35.1 Å². The molecular weight excluding hydrogens is 996 g/mol. The van der Waals surface area contributed by atoms with Crippen LogP contribution in [0.25, 0.3) is 0 Å². The highest BCUT2D eigenvalue weighted by molar-refractivity contribution is 5.90. The lowest BCUT2D eigenvalue weighted by Gasteiger charge is -2.49. The van der Waals surface area contributed by atoms with Crippen molar-refractivity contribution < 1.29 is 87.0 Å². The van der Waals surface area contributed by atoms with Crippen molar-refractivity contribution in [1.82, 2.24) is 10.2 Å². The molecule has 0 radical (unpaired) electrons. The predicted octanol–water partition coefficient (Wildman–Crippen LogP) is 3.05. The van der Waals surface area contributed by atoms with Crippen LogP contribution in [0.15, 0.2) is 18.2 Å². The number of cyclic esters (lactones) is 2. The summed E-state index contributed by atoms with van der Waals surface area (Å²) in [4.78, 5) is 59.5. The van der Waals surface area contributed by atoms with Gasteiger partial charge in [0.2, 0.25) is 5.91 Å². The molecule has 432 valence electrons. The molecule has 0 bridgehead atoms. The Morgan fingerprint density at radius 2 is 1.62 bits per heavy atom. The lowest BCUT2D eigenvalue weighted by molar-refractivity contribution is -0.318. The number of amides is 2. The second-order valence-electron chi connectivity index (χ2n) is 22.7. The van der Waals surface area contributed by atoms with Crippen LogP contribution in [0, 0.1) is 29.5 Å². The Morgan fingerprint density at radius 3 is 2.26 bits per heavy atom. The van der Waals surface area contributed by atoms with Crippen LogP contribution < -0.4 is 15.1 Å². The molecule has 0 aliphatic carbocycles. The van der Waals surface area contributed by atoms with Gasteiger partial charge in [-0.25, -0.2) is 9.18 Å². The van der Waals surface area contributed by atoms with Gasteiger partial charge in [0.05, 0.1) is 85.3 Å². The molecule has 19 atom stereocenters. The number of hydrogen-bond acceptors (Lipinski definition) is 19. The third-order valence-electron chi connectivity index (χ3n) is 16.6. The van der Waals surface area contributed by atoms with Gasteiger partial charge in [-0.3, -0.25) is 19.3 Å². The zero-order valence-electron chi connectivity index (χ0n) is 46.5. The number of nitrogens with zero attached hydrogens (tertiary/aromatic N) is 3. The number of Topliss-reactive ketones (excluding diaryl/α,β-unsaturated/α-hetero) is 1. The maximum Gasteiger partial charge on any atom is 0.414 e. The molecule has 6 rings (SSSR count). The smallest absolute Gasteiger partial charge is 0.414 e. The van der Waals surface area contributed by atoms with Crippen LogP contribution >= 0.6 is 0 Å². The largest absolute Gasteiger partial charge is 0.459 e. The first kappa shape index (κ1) is 61.6. The summed E-state index contributed by atoms with van der Waals surface area (Å²) in [6.07, 6.45) is -12.0. The molecule has 21 nitrogen and oxygen atoms in total. The standard InChI is InChI=1S/C54H87FN4O17/c1-13-40-54(10,68)46(63)31(4)43(61)29(2)25-52(8,67)48(32(5)45(33(6)49(65)74-40)75-42-26-53(9,69-12)47(64)34(7)72-42)76-50-44(62)39(23-30(3)71-50)57(11)18-14-15-41(60)56-27-36-28-59(51(66)73-36)35-16-17-38(37(55)24-35)58-19-21-70-22-20-58/h16-17,24,29-34,36,39-40,42,44-48,50,62-64,67-68H,13-15,18-23,25-28H2,1-12H3,(H,56,60)/t29-,30-,31+,32+,33-,34+,36+,39+,40-,42+,44-,45+,46-,47+,48-,50+,52-,53-,54-/m1/s1. The number of morpholine rings is 1. The van der Waals surface area contributed by atoms with Gasteiger partial charge in [0, 0.05) is 56.8 Å². The van der Waals surface area contributed by atoms with Crippen LogP contribution in [0.3, 0.4) is 0 Å². The quantitative estimate of drug-likeness (QED) is 0.138. The van der Waals surface area contributed by atoms with E-state index in [-0.39, 0.29) is 44.7 Å². The molecule has 6 N–H and O–H groups in total. The molecule has 2 amide bonds. The van der Waals surface area contributed by atoms with Crippen molar-refractivity contribution in [2.75, 3.05) is 69.9 Å². The zero-order valence-corrected chi connectivity index (χ0v) is 46.5. The van der Waals surface area contributed by atoms with E-state index in [0.717, 1.165) is 0 Å². The number of benzene rings is 1. The minimum absolute atomic E-state index is 0.0331. The van der Waals surface area contributed by atoms with Gasteiger partial charge in [0.25, 0.3) is 0 Å². The van der Waals surface area contributed by atoms with E-state index in [1.54, 1.807) is 60.7 Å². The fourth-order valence-corrected chi connectivity index (χ4v) is 11.9. The van der Waals surface area contributed by atoms with E-state index in [0.29, 0.717) is 57.1 Å². The highest BCUT2D eigenvalue weighted by Gasteiger charge is 2.54. The molecule has 76 heavy (non-hydrogen) atoms. The number of carbonyl (C=O) groups is 4. The lowest BCUT2D eigenvalue weighted by atomic mass is 9.74. The summed E-state index contributed by atoms with van der Waals surface area (Å²) in [6.45, 7) is 18.7. The number of carbonyl (C=O) groups excluding carboxylic acids is 4. The summed E-state index contributed by atoms with van der Waals surface area (Å²) in [6, 6.07) is 4.05. The average molecular weight is 1080 g/mol. The van der Waals surface area contributed by atoms with E-state index in [1.807, 2.05) is 16.7 Å². The minimum atomic E-state index is -2.06. The van der Waals surface area contributed by atoms with Crippen molar-refractivity contribution in [3.63, 3.8) is 0 Å². The minimum Gasteiger partial charge on any atom is -0.459 e. The molecule has 1 aromatic carbocycles. The number of rotatable bonds is 15. The Kier molecular flexibility index (Phi) is 20.8. The number of aliphatic hydroxyl groups is 5. The van der Waals surface area contributed by atoms with Crippen molar-refractivity contribution in [2.24, 2.45) is 23.7 Å².